The lowest BCUT2D eigenvalue weighted by molar-refractivity contribution is -0.144. The molecule has 0 bridgehead atoms. The fourth-order valence-corrected chi connectivity index (χ4v) is 2.25. The van der Waals surface area contributed by atoms with Crippen molar-refractivity contribution >= 4 is 11.5 Å². The van der Waals surface area contributed by atoms with Crippen LogP contribution in [0.3, 0.4) is 0 Å². The van der Waals surface area contributed by atoms with E-state index in [1.165, 1.54) is 6.92 Å². The van der Waals surface area contributed by atoms with Gasteiger partial charge in [-0.05, 0) is 30.1 Å². The zero-order valence-electron chi connectivity index (χ0n) is 10.3. The molecular weight excluding hydrogens is 226 g/mol. The van der Waals surface area contributed by atoms with Crippen molar-refractivity contribution in [3.8, 4) is 6.07 Å². The quantitative estimate of drug-likeness (QED) is 0.748. The third kappa shape index (κ3) is 2.78. The number of rotatable bonds is 2. The molecule has 1 aliphatic rings. The maximum absolute atomic E-state index is 11.0. The van der Waals surface area contributed by atoms with E-state index in [1.807, 2.05) is 36.4 Å². The molecule has 18 heavy (non-hydrogen) atoms. The van der Waals surface area contributed by atoms with Crippen LogP contribution in [-0.2, 0) is 9.53 Å². The molecule has 3 heteroatoms. The number of ether oxygens (including phenoxy) is 1. The van der Waals surface area contributed by atoms with Crippen LogP contribution in [0.5, 0.6) is 0 Å². The lowest BCUT2D eigenvalue weighted by atomic mass is 9.83. The molecule has 0 heterocycles. The smallest absolute Gasteiger partial charge is 0.303 e. The average Bonchev–Trinajstić information content (AvgIpc) is 2.39. The first kappa shape index (κ1) is 12.4. The van der Waals surface area contributed by atoms with Gasteiger partial charge in [0, 0.05) is 6.92 Å². The average molecular weight is 241 g/mol. The molecule has 0 aliphatic heterocycles. The van der Waals surface area contributed by atoms with Gasteiger partial charge in [-0.25, -0.2) is 0 Å². The van der Waals surface area contributed by atoms with Crippen LogP contribution >= 0.6 is 0 Å². The summed E-state index contributed by atoms with van der Waals surface area (Å²) in [6.07, 6.45) is 3.15. The summed E-state index contributed by atoms with van der Waals surface area (Å²) in [6.45, 7) is 1.41. The molecule has 2 atom stereocenters. The standard InChI is InChI=1S/C15H15NO2/c1-11(17)18-14-8-7-13(10-16)15(9-14)12-5-3-2-4-6-12/h2-6,9,13-14H,7-8H2,1H3. The molecule has 1 aromatic carbocycles. The molecule has 3 nitrogen and oxygen atoms in total. The van der Waals surface area contributed by atoms with Crippen molar-refractivity contribution in [2.75, 3.05) is 0 Å². The fraction of sp³-hybridized carbons (Fsp3) is 0.333. The van der Waals surface area contributed by atoms with Gasteiger partial charge in [-0.2, -0.15) is 5.26 Å². The molecule has 0 saturated heterocycles. The first-order valence-corrected chi connectivity index (χ1v) is 6.04. The normalized spacial score (nSPS) is 22.8. The summed E-state index contributed by atoms with van der Waals surface area (Å²) >= 11 is 0. The Morgan fingerprint density at radius 1 is 1.33 bits per heavy atom. The summed E-state index contributed by atoms with van der Waals surface area (Å²) in [5.74, 6) is -0.390. The van der Waals surface area contributed by atoms with Crippen molar-refractivity contribution in [1.29, 1.82) is 5.26 Å². The Labute approximate surface area is 107 Å². The van der Waals surface area contributed by atoms with Crippen molar-refractivity contribution in [3.63, 3.8) is 0 Å². The van der Waals surface area contributed by atoms with Crippen molar-refractivity contribution in [1.82, 2.24) is 0 Å². The second-order valence-corrected chi connectivity index (χ2v) is 4.39. The SMILES string of the molecule is CC(=O)OC1C=C(c2ccccc2)C(C#N)CC1. The highest BCUT2D eigenvalue weighted by Crippen LogP contribution is 2.33. The van der Waals surface area contributed by atoms with Crippen LogP contribution in [0, 0.1) is 17.2 Å². The lowest BCUT2D eigenvalue weighted by Gasteiger charge is -2.24. The maximum Gasteiger partial charge on any atom is 0.303 e. The highest BCUT2D eigenvalue weighted by Gasteiger charge is 2.25. The third-order valence-electron chi connectivity index (χ3n) is 3.06. The molecule has 0 saturated carbocycles. The Morgan fingerprint density at radius 3 is 2.67 bits per heavy atom. The number of hydrogen-bond acceptors (Lipinski definition) is 3. The van der Waals surface area contributed by atoms with E-state index in [4.69, 9.17) is 4.74 Å². The van der Waals surface area contributed by atoms with Gasteiger partial charge in [0.05, 0.1) is 12.0 Å². The number of esters is 1. The van der Waals surface area contributed by atoms with Gasteiger partial charge in [0.1, 0.15) is 6.10 Å². The van der Waals surface area contributed by atoms with Crippen LogP contribution in [0.15, 0.2) is 36.4 Å². The topological polar surface area (TPSA) is 50.1 Å². The largest absolute Gasteiger partial charge is 0.458 e. The summed E-state index contributed by atoms with van der Waals surface area (Å²) in [5.41, 5.74) is 2.00. The number of nitriles is 1. The molecule has 0 spiro atoms. The molecule has 2 rings (SSSR count). The number of carbonyl (C=O) groups excluding carboxylic acids is 1. The van der Waals surface area contributed by atoms with Gasteiger partial charge in [-0.1, -0.05) is 30.3 Å². The molecule has 0 amide bonds. The molecule has 0 radical (unpaired) electrons. The Kier molecular flexibility index (Phi) is 3.78. The molecule has 1 aliphatic carbocycles. The number of hydrogen-bond donors (Lipinski definition) is 0. The zero-order chi connectivity index (χ0) is 13.0. The Bertz CT molecular complexity index is 499. The van der Waals surface area contributed by atoms with E-state index in [2.05, 4.69) is 6.07 Å². The van der Waals surface area contributed by atoms with Crippen LogP contribution < -0.4 is 0 Å². The fourth-order valence-electron chi connectivity index (χ4n) is 2.25. The number of allylic oxidation sites excluding steroid dienone is 1. The minimum absolute atomic E-state index is 0.112. The van der Waals surface area contributed by atoms with Gasteiger partial charge in [-0.3, -0.25) is 4.79 Å². The Morgan fingerprint density at radius 2 is 2.06 bits per heavy atom. The second kappa shape index (κ2) is 5.50. The van der Waals surface area contributed by atoms with E-state index < -0.39 is 0 Å². The molecule has 92 valence electrons. The number of benzene rings is 1. The zero-order valence-corrected chi connectivity index (χ0v) is 10.3. The summed E-state index contributed by atoms with van der Waals surface area (Å²) in [6, 6.07) is 12.1. The van der Waals surface area contributed by atoms with Crippen molar-refractivity contribution < 1.29 is 9.53 Å². The second-order valence-electron chi connectivity index (χ2n) is 4.39. The first-order chi connectivity index (χ1) is 8.70. The highest BCUT2D eigenvalue weighted by atomic mass is 16.5. The monoisotopic (exact) mass is 241 g/mol. The maximum atomic E-state index is 11.0. The van der Waals surface area contributed by atoms with E-state index in [9.17, 15) is 10.1 Å². The van der Waals surface area contributed by atoms with Crippen LogP contribution in [0.1, 0.15) is 25.3 Å². The number of nitrogens with zero attached hydrogens (tertiary/aromatic N) is 1. The van der Waals surface area contributed by atoms with Gasteiger partial charge < -0.3 is 4.74 Å². The molecule has 2 unspecified atom stereocenters. The van der Waals surface area contributed by atoms with Gasteiger partial charge in [-0.15, -0.1) is 0 Å². The van der Waals surface area contributed by atoms with E-state index in [-0.39, 0.29) is 18.0 Å². The molecule has 0 N–H and O–H groups in total. The van der Waals surface area contributed by atoms with Gasteiger partial charge in [0.25, 0.3) is 0 Å². The predicted molar refractivity (Wildman–Crippen MR) is 68.3 cm³/mol. The van der Waals surface area contributed by atoms with Gasteiger partial charge in [0.15, 0.2) is 0 Å². The Balaban J connectivity index is 2.30. The Hall–Kier alpha value is -2.08. The highest BCUT2D eigenvalue weighted by molar-refractivity contribution is 5.72. The minimum atomic E-state index is -0.279. The molecule has 0 fully saturated rings. The first-order valence-electron chi connectivity index (χ1n) is 6.04. The lowest BCUT2D eigenvalue weighted by Crippen LogP contribution is -2.21. The predicted octanol–water partition coefficient (Wildman–Crippen LogP) is 2.94. The number of carbonyl (C=O) groups is 1. The van der Waals surface area contributed by atoms with Gasteiger partial charge >= 0.3 is 5.97 Å². The van der Waals surface area contributed by atoms with Crippen LogP contribution in [0.25, 0.3) is 5.57 Å². The third-order valence-corrected chi connectivity index (χ3v) is 3.06. The van der Waals surface area contributed by atoms with Crippen molar-refractivity contribution in [3.05, 3.63) is 42.0 Å². The summed E-state index contributed by atoms with van der Waals surface area (Å²) in [5, 5.41) is 9.19. The summed E-state index contributed by atoms with van der Waals surface area (Å²) in [7, 11) is 0. The molecule has 1 aromatic rings. The van der Waals surface area contributed by atoms with E-state index in [0.29, 0.717) is 6.42 Å². The van der Waals surface area contributed by atoms with Crippen molar-refractivity contribution in [2.24, 2.45) is 5.92 Å². The summed E-state index contributed by atoms with van der Waals surface area (Å²) in [4.78, 5) is 11.0. The van der Waals surface area contributed by atoms with Crippen LogP contribution in [-0.4, -0.2) is 12.1 Å². The minimum Gasteiger partial charge on any atom is -0.458 e. The van der Waals surface area contributed by atoms with Gasteiger partial charge in [0.2, 0.25) is 0 Å². The molecule has 0 aromatic heterocycles. The van der Waals surface area contributed by atoms with Crippen molar-refractivity contribution in [2.45, 2.75) is 25.9 Å². The van der Waals surface area contributed by atoms with Crippen LogP contribution in [0.2, 0.25) is 0 Å². The molecular formula is C15H15NO2. The van der Waals surface area contributed by atoms with E-state index in [0.717, 1.165) is 17.6 Å². The van der Waals surface area contributed by atoms with Crippen LogP contribution in [0.4, 0.5) is 0 Å². The van der Waals surface area contributed by atoms with E-state index >= 15 is 0 Å². The van der Waals surface area contributed by atoms with E-state index in [1.54, 1.807) is 0 Å². The summed E-state index contributed by atoms with van der Waals surface area (Å²) < 4.78 is 5.21.